The van der Waals surface area contributed by atoms with Crippen molar-refractivity contribution in [2.24, 2.45) is 11.8 Å². The molecule has 7 nitrogen and oxygen atoms in total. The standard InChI is InChI=1S/C20H30N4O3/c1-14(2)8-16-13-24(22-21-16)12-15-6-5-7-23(11-15)19(26)18-9-17(25)10-20(3,4)27-18/h9,13-15H,5-8,10-12H2,1-4H3/t15-/m0/s1. The second-order valence-electron chi connectivity index (χ2n) is 8.80. The molecule has 1 atom stereocenters. The van der Waals surface area contributed by atoms with E-state index in [9.17, 15) is 9.59 Å². The van der Waals surface area contributed by atoms with Crippen molar-refractivity contribution in [3.63, 3.8) is 0 Å². The van der Waals surface area contributed by atoms with Crippen molar-refractivity contribution < 1.29 is 14.3 Å². The Kier molecular flexibility index (Phi) is 5.67. The Morgan fingerprint density at radius 1 is 1.41 bits per heavy atom. The molecule has 1 fully saturated rings. The summed E-state index contributed by atoms with van der Waals surface area (Å²) < 4.78 is 7.66. The fourth-order valence-corrected chi connectivity index (χ4v) is 3.84. The van der Waals surface area contributed by atoms with Crippen LogP contribution in [-0.2, 0) is 27.3 Å². The molecule has 2 aliphatic heterocycles. The van der Waals surface area contributed by atoms with E-state index >= 15 is 0 Å². The molecule has 0 N–H and O–H groups in total. The lowest BCUT2D eigenvalue weighted by molar-refractivity contribution is -0.139. The van der Waals surface area contributed by atoms with Gasteiger partial charge in [-0.05, 0) is 44.9 Å². The van der Waals surface area contributed by atoms with Crippen LogP contribution in [0.2, 0.25) is 0 Å². The number of rotatable bonds is 5. The first-order valence-corrected chi connectivity index (χ1v) is 9.83. The van der Waals surface area contributed by atoms with Crippen molar-refractivity contribution in [3.8, 4) is 0 Å². The predicted molar refractivity (Wildman–Crippen MR) is 101 cm³/mol. The monoisotopic (exact) mass is 374 g/mol. The molecule has 27 heavy (non-hydrogen) atoms. The molecule has 0 unspecified atom stereocenters. The maximum atomic E-state index is 12.9. The highest BCUT2D eigenvalue weighted by atomic mass is 16.5. The van der Waals surface area contributed by atoms with E-state index in [2.05, 4.69) is 24.2 Å². The molecule has 0 aromatic carbocycles. The number of aromatic nitrogens is 3. The van der Waals surface area contributed by atoms with Gasteiger partial charge < -0.3 is 9.64 Å². The molecule has 0 radical (unpaired) electrons. The second-order valence-corrected chi connectivity index (χ2v) is 8.80. The molecule has 0 aliphatic carbocycles. The minimum absolute atomic E-state index is 0.0524. The Morgan fingerprint density at radius 3 is 2.89 bits per heavy atom. The number of carbonyl (C=O) groups excluding carboxylic acids is 2. The third kappa shape index (κ3) is 5.17. The molecule has 0 bridgehead atoms. The molecule has 1 aromatic heterocycles. The van der Waals surface area contributed by atoms with Crippen molar-refractivity contribution in [2.45, 2.75) is 65.5 Å². The van der Waals surface area contributed by atoms with Gasteiger partial charge >= 0.3 is 0 Å². The van der Waals surface area contributed by atoms with Crippen LogP contribution in [0, 0.1) is 11.8 Å². The summed E-state index contributed by atoms with van der Waals surface area (Å²) in [4.78, 5) is 26.6. The highest BCUT2D eigenvalue weighted by molar-refractivity contribution is 6.01. The van der Waals surface area contributed by atoms with Crippen LogP contribution in [0.25, 0.3) is 0 Å². The lowest BCUT2D eigenvalue weighted by Gasteiger charge is -2.36. The molecule has 0 spiro atoms. The van der Waals surface area contributed by atoms with Crippen molar-refractivity contribution in [2.75, 3.05) is 13.1 Å². The molecule has 3 heterocycles. The van der Waals surface area contributed by atoms with E-state index in [1.807, 2.05) is 24.7 Å². The second kappa shape index (κ2) is 7.82. The fraction of sp³-hybridized carbons (Fsp3) is 0.700. The maximum absolute atomic E-state index is 12.9. The summed E-state index contributed by atoms with van der Waals surface area (Å²) in [6.07, 6.45) is 6.57. The molecule has 1 amide bonds. The van der Waals surface area contributed by atoms with E-state index in [1.54, 1.807) is 4.90 Å². The van der Waals surface area contributed by atoms with Gasteiger partial charge in [0, 0.05) is 38.3 Å². The van der Waals surface area contributed by atoms with E-state index in [4.69, 9.17) is 4.74 Å². The van der Waals surface area contributed by atoms with Crippen LogP contribution in [0.1, 0.15) is 52.7 Å². The highest BCUT2D eigenvalue weighted by Crippen LogP contribution is 2.27. The number of allylic oxidation sites excluding steroid dienone is 1. The summed E-state index contributed by atoms with van der Waals surface area (Å²) >= 11 is 0. The topological polar surface area (TPSA) is 77.3 Å². The molecule has 148 valence electrons. The van der Waals surface area contributed by atoms with Crippen LogP contribution in [-0.4, -0.2) is 50.3 Å². The van der Waals surface area contributed by atoms with Gasteiger partial charge in [0.1, 0.15) is 5.60 Å². The summed E-state index contributed by atoms with van der Waals surface area (Å²) in [5.74, 6) is 0.818. The normalized spacial score (nSPS) is 22.6. The minimum Gasteiger partial charge on any atom is -0.481 e. The number of likely N-dealkylation sites (tertiary alicyclic amines) is 1. The molecule has 1 aromatic rings. The van der Waals surface area contributed by atoms with E-state index in [0.29, 0.717) is 31.3 Å². The number of hydrogen-bond acceptors (Lipinski definition) is 5. The number of hydrogen-bond donors (Lipinski definition) is 0. The number of piperidine rings is 1. The average Bonchev–Trinajstić information content (AvgIpc) is 2.98. The highest BCUT2D eigenvalue weighted by Gasteiger charge is 2.35. The Hall–Kier alpha value is -2.18. The van der Waals surface area contributed by atoms with Crippen LogP contribution < -0.4 is 0 Å². The Morgan fingerprint density at radius 2 is 2.19 bits per heavy atom. The minimum atomic E-state index is -0.625. The van der Waals surface area contributed by atoms with E-state index in [-0.39, 0.29) is 17.4 Å². The number of amides is 1. The Labute approximate surface area is 160 Å². The SMILES string of the molecule is CC(C)Cc1cn(C[C@H]2CCCN(C(=O)C3=CC(=O)CC(C)(C)O3)C2)nn1. The molecule has 3 rings (SSSR count). The van der Waals surface area contributed by atoms with Gasteiger partial charge in [-0.2, -0.15) is 0 Å². The van der Waals surface area contributed by atoms with Crippen LogP contribution in [0.15, 0.2) is 18.0 Å². The first-order chi connectivity index (χ1) is 12.7. The summed E-state index contributed by atoms with van der Waals surface area (Å²) in [6, 6.07) is 0. The number of ketones is 1. The van der Waals surface area contributed by atoms with Gasteiger partial charge in [0.2, 0.25) is 0 Å². The quantitative estimate of drug-likeness (QED) is 0.791. The van der Waals surface area contributed by atoms with E-state index < -0.39 is 5.60 Å². The third-order valence-corrected chi connectivity index (χ3v) is 4.94. The maximum Gasteiger partial charge on any atom is 0.289 e. The Balaban J connectivity index is 1.61. The first kappa shape index (κ1) is 19.6. The van der Waals surface area contributed by atoms with Crippen molar-refractivity contribution in [1.82, 2.24) is 19.9 Å². The van der Waals surface area contributed by atoms with Crippen LogP contribution >= 0.6 is 0 Å². The summed E-state index contributed by atoms with van der Waals surface area (Å²) in [6.45, 7) is 10.1. The molecule has 0 saturated carbocycles. The van der Waals surface area contributed by atoms with Crippen LogP contribution in [0.5, 0.6) is 0 Å². The van der Waals surface area contributed by atoms with E-state index in [0.717, 1.165) is 31.5 Å². The lowest BCUT2D eigenvalue weighted by Crippen LogP contribution is -2.44. The van der Waals surface area contributed by atoms with Gasteiger partial charge in [-0.25, -0.2) is 0 Å². The number of ether oxygens (including phenoxy) is 1. The lowest BCUT2D eigenvalue weighted by atomic mass is 9.96. The first-order valence-electron chi connectivity index (χ1n) is 9.83. The number of nitrogens with zero attached hydrogens (tertiary/aromatic N) is 4. The van der Waals surface area contributed by atoms with Crippen LogP contribution in [0.4, 0.5) is 0 Å². The zero-order valence-corrected chi connectivity index (χ0v) is 16.8. The largest absolute Gasteiger partial charge is 0.481 e. The summed E-state index contributed by atoms with van der Waals surface area (Å²) in [5, 5.41) is 8.47. The van der Waals surface area contributed by atoms with E-state index in [1.165, 1.54) is 6.08 Å². The average molecular weight is 374 g/mol. The molecular formula is C20H30N4O3. The van der Waals surface area contributed by atoms with Crippen molar-refractivity contribution in [3.05, 3.63) is 23.7 Å². The van der Waals surface area contributed by atoms with Gasteiger partial charge in [0.25, 0.3) is 5.91 Å². The fourth-order valence-electron chi connectivity index (χ4n) is 3.84. The van der Waals surface area contributed by atoms with Crippen molar-refractivity contribution >= 4 is 11.7 Å². The predicted octanol–water partition coefficient (Wildman–Crippen LogP) is 2.37. The van der Waals surface area contributed by atoms with Gasteiger partial charge in [-0.3, -0.25) is 14.3 Å². The van der Waals surface area contributed by atoms with Gasteiger partial charge in [0.15, 0.2) is 11.5 Å². The molecule has 1 saturated heterocycles. The zero-order valence-electron chi connectivity index (χ0n) is 16.8. The van der Waals surface area contributed by atoms with Gasteiger partial charge in [-0.15, -0.1) is 5.10 Å². The molecule has 7 heteroatoms. The van der Waals surface area contributed by atoms with Gasteiger partial charge in [-0.1, -0.05) is 19.1 Å². The molecular weight excluding hydrogens is 344 g/mol. The summed E-state index contributed by atoms with van der Waals surface area (Å²) in [7, 11) is 0. The smallest absolute Gasteiger partial charge is 0.289 e. The van der Waals surface area contributed by atoms with Gasteiger partial charge in [0.05, 0.1) is 5.69 Å². The Bertz CT molecular complexity index is 735. The zero-order chi connectivity index (χ0) is 19.6. The molecule has 2 aliphatic rings. The van der Waals surface area contributed by atoms with Crippen LogP contribution in [0.3, 0.4) is 0 Å². The van der Waals surface area contributed by atoms with Crippen molar-refractivity contribution in [1.29, 1.82) is 0 Å². The number of carbonyl (C=O) groups is 2. The summed E-state index contributed by atoms with van der Waals surface area (Å²) in [5.41, 5.74) is 0.384. The third-order valence-electron chi connectivity index (χ3n) is 4.94.